The van der Waals surface area contributed by atoms with Gasteiger partial charge in [-0.2, -0.15) is 0 Å². The fraction of sp³-hybridized carbons (Fsp3) is 0.333. The van der Waals surface area contributed by atoms with Crippen molar-refractivity contribution in [2.24, 2.45) is 0 Å². The SMILES string of the molecule is CSN(C)c1cc(Br)ccc1C. The Morgan fingerprint density at radius 1 is 1.42 bits per heavy atom. The van der Waals surface area contributed by atoms with Gasteiger partial charge in [0, 0.05) is 17.8 Å². The fourth-order valence-electron chi connectivity index (χ4n) is 1.02. The molecule has 0 fully saturated rings. The summed E-state index contributed by atoms with van der Waals surface area (Å²) in [5.74, 6) is 0. The third-order valence-electron chi connectivity index (χ3n) is 1.78. The van der Waals surface area contributed by atoms with Crippen LogP contribution in [0.4, 0.5) is 5.69 Å². The molecule has 1 rings (SSSR count). The van der Waals surface area contributed by atoms with Crippen LogP contribution in [0.2, 0.25) is 0 Å². The molecule has 0 atom stereocenters. The molecule has 0 aliphatic rings. The number of hydrogen-bond donors (Lipinski definition) is 0. The van der Waals surface area contributed by atoms with Crippen LogP contribution in [0.5, 0.6) is 0 Å². The van der Waals surface area contributed by atoms with E-state index < -0.39 is 0 Å². The predicted octanol–water partition coefficient (Wildman–Crippen LogP) is 3.47. The van der Waals surface area contributed by atoms with Crippen LogP contribution in [-0.4, -0.2) is 13.3 Å². The van der Waals surface area contributed by atoms with E-state index in [9.17, 15) is 0 Å². The molecular weight excluding hydrogens is 234 g/mol. The summed E-state index contributed by atoms with van der Waals surface area (Å²) in [6.45, 7) is 2.12. The smallest absolute Gasteiger partial charge is 0.0506 e. The van der Waals surface area contributed by atoms with Gasteiger partial charge in [-0.1, -0.05) is 33.9 Å². The lowest BCUT2D eigenvalue weighted by Gasteiger charge is -2.17. The highest BCUT2D eigenvalue weighted by molar-refractivity contribution is 9.10. The lowest BCUT2D eigenvalue weighted by atomic mass is 10.2. The van der Waals surface area contributed by atoms with Crippen LogP contribution in [0.1, 0.15) is 5.56 Å². The van der Waals surface area contributed by atoms with Crippen LogP contribution in [0.3, 0.4) is 0 Å². The Balaban J connectivity index is 3.04. The van der Waals surface area contributed by atoms with E-state index in [1.165, 1.54) is 11.3 Å². The fourth-order valence-corrected chi connectivity index (χ4v) is 1.76. The molecule has 12 heavy (non-hydrogen) atoms. The number of nitrogens with zero attached hydrogens (tertiary/aromatic N) is 1. The summed E-state index contributed by atoms with van der Waals surface area (Å²) in [5.41, 5.74) is 2.56. The lowest BCUT2D eigenvalue weighted by Crippen LogP contribution is -2.06. The molecule has 1 aromatic carbocycles. The Labute approximate surface area is 86.4 Å². The number of rotatable bonds is 2. The van der Waals surface area contributed by atoms with Crippen LogP contribution >= 0.6 is 27.9 Å². The van der Waals surface area contributed by atoms with Gasteiger partial charge in [0.25, 0.3) is 0 Å². The molecule has 0 saturated heterocycles. The minimum absolute atomic E-state index is 1.13. The van der Waals surface area contributed by atoms with Gasteiger partial charge in [0.15, 0.2) is 0 Å². The second-order valence-electron chi connectivity index (χ2n) is 2.61. The lowest BCUT2D eigenvalue weighted by molar-refractivity contribution is 1.30. The van der Waals surface area contributed by atoms with E-state index in [1.54, 1.807) is 11.9 Å². The molecule has 0 unspecified atom stereocenters. The van der Waals surface area contributed by atoms with E-state index in [-0.39, 0.29) is 0 Å². The maximum Gasteiger partial charge on any atom is 0.0506 e. The number of benzene rings is 1. The monoisotopic (exact) mass is 245 g/mol. The van der Waals surface area contributed by atoms with E-state index in [1.807, 2.05) is 0 Å². The van der Waals surface area contributed by atoms with E-state index >= 15 is 0 Å². The van der Waals surface area contributed by atoms with Crippen molar-refractivity contribution in [2.75, 3.05) is 17.6 Å². The molecule has 0 heterocycles. The van der Waals surface area contributed by atoms with Crippen molar-refractivity contribution in [3.05, 3.63) is 28.2 Å². The Morgan fingerprint density at radius 3 is 2.67 bits per heavy atom. The standard InChI is InChI=1S/C9H12BrNS/c1-7-4-5-8(10)6-9(7)11(2)12-3/h4-6H,1-3H3. The van der Waals surface area contributed by atoms with Crippen LogP contribution in [0, 0.1) is 6.92 Å². The van der Waals surface area contributed by atoms with Crippen molar-refractivity contribution < 1.29 is 0 Å². The first kappa shape index (κ1) is 9.93. The molecule has 0 saturated carbocycles. The van der Waals surface area contributed by atoms with E-state index in [4.69, 9.17) is 0 Å². The van der Waals surface area contributed by atoms with Crippen molar-refractivity contribution in [3.63, 3.8) is 0 Å². The topological polar surface area (TPSA) is 3.24 Å². The zero-order chi connectivity index (χ0) is 9.14. The molecular formula is C9H12BrNS. The average molecular weight is 246 g/mol. The molecule has 0 spiro atoms. The maximum absolute atomic E-state index is 3.46. The number of anilines is 1. The summed E-state index contributed by atoms with van der Waals surface area (Å²) in [7, 11) is 2.07. The van der Waals surface area contributed by atoms with Crippen molar-refractivity contribution in [3.8, 4) is 0 Å². The summed E-state index contributed by atoms with van der Waals surface area (Å²) >= 11 is 5.17. The van der Waals surface area contributed by atoms with E-state index in [0.29, 0.717) is 0 Å². The summed E-state index contributed by atoms with van der Waals surface area (Å²) in [5, 5.41) is 0. The van der Waals surface area contributed by atoms with Crippen molar-refractivity contribution in [1.29, 1.82) is 0 Å². The second kappa shape index (κ2) is 4.19. The quantitative estimate of drug-likeness (QED) is 0.735. The number of aryl methyl sites for hydroxylation is 1. The van der Waals surface area contributed by atoms with E-state index in [2.05, 4.69) is 58.7 Å². The first-order valence-corrected chi connectivity index (χ1v) is 5.66. The summed E-state index contributed by atoms with van der Waals surface area (Å²) < 4.78 is 3.28. The summed E-state index contributed by atoms with van der Waals surface area (Å²) in [6.07, 6.45) is 2.07. The van der Waals surface area contributed by atoms with Crippen molar-refractivity contribution in [1.82, 2.24) is 0 Å². The number of hydrogen-bond acceptors (Lipinski definition) is 2. The molecule has 0 amide bonds. The molecule has 0 aliphatic carbocycles. The van der Waals surface area contributed by atoms with Crippen molar-refractivity contribution in [2.45, 2.75) is 6.92 Å². The molecule has 66 valence electrons. The second-order valence-corrected chi connectivity index (χ2v) is 4.44. The highest BCUT2D eigenvalue weighted by atomic mass is 79.9. The first-order valence-electron chi connectivity index (χ1n) is 3.69. The molecule has 0 aliphatic heterocycles. The highest BCUT2D eigenvalue weighted by Crippen LogP contribution is 2.26. The Kier molecular flexibility index (Phi) is 3.47. The largest absolute Gasteiger partial charge is 0.319 e. The third-order valence-corrected chi connectivity index (χ3v) is 3.02. The molecule has 0 N–H and O–H groups in total. The van der Waals surface area contributed by atoms with Gasteiger partial charge in [-0.25, -0.2) is 0 Å². The Hall–Kier alpha value is -0.150. The van der Waals surface area contributed by atoms with Crippen LogP contribution < -0.4 is 4.31 Å². The molecule has 0 bridgehead atoms. The normalized spacial score (nSPS) is 10.0. The highest BCUT2D eigenvalue weighted by Gasteiger charge is 2.02. The van der Waals surface area contributed by atoms with Crippen LogP contribution in [-0.2, 0) is 0 Å². The Bertz CT molecular complexity index is 275. The zero-order valence-electron chi connectivity index (χ0n) is 7.47. The molecule has 1 nitrogen and oxygen atoms in total. The van der Waals surface area contributed by atoms with Crippen molar-refractivity contribution >= 4 is 33.6 Å². The number of halogens is 1. The predicted molar refractivity (Wildman–Crippen MR) is 60.8 cm³/mol. The zero-order valence-corrected chi connectivity index (χ0v) is 9.87. The van der Waals surface area contributed by atoms with Gasteiger partial charge in [0.2, 0.25) is 0 Å². The van der Waals surface area contributed by atoms with Gasteiger partial charge in [-0.15, -0.1) is 0 Å². The van der Waals surface area contributed by atoms with Gasteiger partial charge < -0.3 is 4.31 Å². The molecule has 0 radical (unpaired) electrons. The average Bonchev–Trinajstić information content (AvgIpc) is 2.08. The van der Waals surface area contributed by atoms with Gasteiger partial charge in [-0.05, 0) is 24.6 Å². The minimum atomic E-state index is 1.13. The summed E-state index contributed by atoms with van der Waals surface area (Å²) in [4.78, 5) is 0. The van der Waals surface area contributed by atoms with Crippen LogP contribution in [0.25, 0.3) is 0 Å². The Morgan fingerprint density at radius 2 is 2.08 bits per heavy atom. The summed E-state index contributed by atoms with van der Waals surface area (Å²) in [6, 6.07) is 6.31. The molecule has 3 heteroatoms. The van der Waals surface area contributed by atoms with Gasteiger partial charge >= 0.3 is 0 Å². The molecule has 1 aromatic rings. The third kappa shape index (κ3) is 2.17. The van der Waals surface area contributed by atoms with Crippen LogP contribution in [0.15, 0.2) is 22.7 Å². The molecule has 0 aromatic heterocycles. The maximum atomic E-state index is 3.46. The first-order chi connectivity index (χ1) is 5.65. The van der Waals surface area contributed by atoms with E-state index in [0.717, 1.165) is 4.47 Å². The van der Waals surface area contributed by atoms with Gasteiger partial charge in [-0.3, -0.25) is 0 Å². The van der Waals surface area contributed by atoms with Gasteiger partial charge in [0.05, 0.1) is 5.69 Å². The van der Waals surface area contributed by atoms with Gasteiger partial charge in [0.1, 0.15) is 0 Å². The minimum Gasteiger partial charge on any atom is -0.319 e.